The molecule has 0 fully saturated rings. The van der Waals surface area contributed by atoms with Crippen LogP contribution in [0.5, 0.6) is 0 Å². The van der Waals surface area contributed by atoms with Crippen molar-refractivity contribution in [3.05, 3.63) is 52.4 Å². The van der Waals surface area contributed by atoms with E-state index < -0.39 is 0 Å². The van der Waals surface area contributed by atoms with Gasteiger partial charge in [-0.25, -0.2) is 15.4 Å². The van der Waals surface area contributed by atoms with Crippen molar-refractivity contribution in [2.24, 2.45) is 5.10 Å². The minimum absolute atomic E-state index is 0.206. The molecule has 2 aliphatic rings. The van der Waals surface area contributed by atoms with Gasteiger partial charge in [-0.05, 0) is 63.0 Å². The quantitative estimate of drug-likeness (QED) is 0.821. The number of carbonyl (C=O) groups excluding carboxylic acids is 1. The Kier molecular flexibility index (Phi) is 4.38. The average molecular weight is 350 g/mol. The van der Waals surface area contributed by atoms with E-state index in [1.54, 1.807) is 12.3 Å². The number of amides is 1. The highest BCUT2D eigenvalue weighted by Gasteiger charge is 2.27. The van der Waals surface area contributed by atoms with Crippen molar-refractivity contribution in [1.82, 2.24) is 25.3 Å². The summed E-state index contributed by atoms with van der Waals surface area (Å²) < 4.78 is 0. The molecule has 2 aromatic heterocycles. The lowest BCUT2D eigenvalue weighted by molar-refractivity contribution is -0.116. The largest absolute Gasteiger partial charge is 0.358 e. The van der Waals surface area contributed by atoms with Crippen LogP contribution in [0.15, 0.2) is 29.3 Å². The molecule has 0 spiro atoms. The van der Waals surface area contributed by atoms with Crippen LogP contribution in [0.2, 0.25) is 0 Å². The predicted molar refractivity (Wildman–Crippen MR) is 99.5 cm³/mol. The van der Waals surface area contributed by atoms with Crippen LogP contribution in [0.1, 0.15) is 41.1 Å². The van der Waals surface area contributed by atoms with Gasteiger partial charge >= 0.3 is 0 Å². The van der Waals surface area contributed by atoms with Crippen LogP contribution < -0.4 is 5.43 Å². The van der Waals surface area contributed by atoms with Gasteiger partial charge in [0.2, 0.25) is 0 Å². The summed E-state index contributed by atoms with van der Waals surface area (Å²) in [5, 5.41) is 4.17. The van der Waals surface area contributed by atoms with E-state index in [2.05, 4.69) is 44.5 Å². The first-order chi connectivity index (χ1) is 12.6. The first kappa shape index (κ1) is 16.7. The molecule has 0 bridgehead atoms. The number of rotatable bonds is 4. The van der Waals surface area contributed by atoms with Gasteiger partial charge in [-0.3, -0.25) is 4.79 Å². The number of hydrogen-bond donors (Lipinski definition) is 2. The molecule has 2 N–H and O–H groups in total. The van der Waals surface area contributed by atoms with E-state index >= 15 is 0 Å². The zero-order valence-electron chi connectivity index (χ0n) is 15.0. The van der Waals surface area contributed by atoms with Crippen molar-refractivity contribution in [3.8, 4) is 0 Å². The molecule has 4 rings (SSSR count). The molecule has 0 unspecified atom stereocenters. The van der Waals surface area contributed by atoms with Gasteiger partial charge in [0.15, 0.2) is 0 Å². The zero-order chi connectivity index (χ0) is 18.1. The third-order valence-corrected chi connectivity index (χ3v) is 4.80. The third kappa shape index (κ3) is 3.06. The first-order valence-electron chi connectivity index (χ1n) is 8.87. The van der Waals surface area contributed by atoms with E-state index in [1.165, 1.54) is 36.0 Å². The summed E-state index contributed by atoms with van der Waals surface area (Å²) >= 11 is 0. The molecule has 0 aromatic carbocycles. The molecule has 134 valence electrons. The number of nitrogens with zero attached hydrogens (tertiary/aromatic N) is 4. The topological polar surface area (TPSA) is 86.3 Å². The molecule has 1 aliphatic carbocycles. The maximum absolute atomic E-state index is 12.4. The molecule has 1 amide bonds. The van der Waals surface area contributed by atoms with Crippen molar-refractivity contribution in [2.45, 2.75) is 32.2 Å². The number of H-pyrrole nitrogens is 1. The van der Waals surface area contributed by atoms with Crippen LogP contribution in [0, 0.1) is 0 Å². The van der Waals surface area contributed by atoms with Gasteiger partial charge in [0, 0.05) is 24.1 Å². The SMILES string of the molecule is CN(C)Cc1c(C=C2C(=O)NN=C2c2ccncn2)[nH]c2c1CCCC2. The van der Waals surface area contributed by atoms with Gasteiger partial charge in [0.25, 0.3) is 5.91 Å². The number of aromatic nitrogens is 3. The summed E-state index contributed by atoms with van der Waals surface area (Å²) in [7, 11) is 4.13. The van der Waals surface area contributed by atoms with E-state index in [9.17, 15) is 4.79 Å². The van der Waals surface area contributed by atoms with Gasteiger partial charge in [-0.2, -0.15) is 5.10 Å². The van der Waals surface area contributed by atoms with Gasteiger partial charge in [-0.15, -0.1) is 0 Å². The Balaban J connectivity index is 1.78. The third-order valence-electron chi connectivity index (χ3n) is 4.80. The summed E-state index contributed by atoms with van der Waals surface area (Å²) in [6.45, 7) is 0.840. The van der Waals surface area contributed by atoms with Crippen LogP contribution in [-0.2, 0) is 24.2 Å². The monoisotopic (exact) mass is 350 g/mol. The highest BCUT2D eigenvalue weighted by molar-refractivity contribution is 6.32. The van der Waals surface area contributed by atoms with E-state index in [1.807, 2.05) is 6.08 Å². The summed E-state index contributed by atoms with van der Waals surface area (Å²) in [4.78, 5) is 26.3. The molecule has 7 nitrogen and oxygen atoms in total. The van der Waals surface area contributed by atoms with Gasteiger partial charge in [-0.1, -0.05) is 0 Å². The molecule has 1 aliphatic heterocycles. The fourth-order valence-electron chi connectivity index (χ4n) is 3.64. The first-order valence-corrected chi connectivity index (χ1v) is 8.87. The molecule has 7 heteroatoms. The summed E-state index contributed by atoms with van der Waals surface area (Å²) in [6.07, 6.45) is 9.61. The maximum atomic E-state index is 12.4. The Morgan fingerprint density at radius 3 is 2.88 bits per heavy atom. The second kappa shape index (κ2) is 6.84. The van der Waals surface area contributed by atoms with Crippen LogP contribution >= 0.6 is 0 Å². The number of aryl methyl sites for hydroxylation is 1. The minimum Gasteiger partial charge on any atom is -0.358 e. The second-order valence-corrected chi connectivity index (χ2v) is 6.97. The maximum Gasteiger partial charge on any atom is 0.273 e. The molecule has 0 radical (unpaired) electrons. The van der Waals surface area contributed by atoms with Crippen LogP contribution in [0.3, 0.4) is 0 Å². The highest BCUT2D eigenvalue weighted by Crippen LogP contribution is 2.30. The standard InChI is InChI=1S/C19H22N6O/c1-25(2)10-14-12-5-3-4-6-15(12)22-17(14)9-13-18(23-24-19(13)26)16-7-8-20-11-21-16/h7-9,11,22H,3-6,10H2,1-2H3,(H,24,26). The molecule has 0 saturated heterocycles. The summed E-state index contributed by atoms with van der Waals surface area (Å²) in [5.41, 5.74) is 9.27. The van der Waals surface area contributed by atoms with Crippen LogP contribution in [0.4, 0.5) is 0 Å². The van der Waals surface area contributed by atoms with Gasteiger partial charge < -0.3 is 9.88 Å². The predicted octanol–water partition coefficient (Wildman–Crippen LogP) is 1.66. The van der Waals surface area contributed by atoms with Gasteiger partial charge in [0.1, 0.15) is 12.0 Å². The smallest absolute Gasteiger partial charge is 0.273 e. The second-order valence-electron chi connectivity index (χ2n) is 6.97. The molecule has 0 saturated carbocycles. The fraction of sp³-hybridized carbons (Fsp3) is 0.368. The average Bonchev–Trinajstić information content (AvgIpc) is 3.17. The van der Waals surface area contributed by atoms with Crippen molar-refractivity contribution in [3.63, 3.8) is 0 Å². The van der Waals surface area contributed by atoms with E-state index in [-0.39, 0.29) is 5.91 Å². The van der Waals surface area contributed by atoms with E-state index in [0.29, 0.717) is 17.0 Å². The zero-order valence-corrected chi connectivity index (χ0v) is 15.0. The Hall–Kier alpha value is -2.80. The number of carbonyl (C=O) groups is 1. The Morgan fingerprint density at radius 2 is 2.12 bits per heavy atom. The highest BCUT2D eigenvalue weighted by atomic mass is 16.2. The number of nitrogens with one attached hydrogen (secondary N) is 2. The number of hydrogen-bond acceptors (Lipinski definition) is 5. The van der Waals surface area contributed by atoms with Gasteiger partial charge in [0.05, 0.1) is 11.3 Å². The fourth-order valence-corrected chi connectivity index (χ4v) is 3.64. The number of aromatic amines is 1. The van der Waals surface area contributed by atoms with E-state index in [0.717, 1.165) is 25.1 Å². The van der Waals surface area contributed by atoms with Crippen molar-refractivity contribution >= 4 is 17.7 Å². The van der Waals surface area contributed by atoms with Crippen LogP contribution in [0.25, 0.3) is 6.08 Å². The van der Waals surface area contributed by atoms with Crippen molar-refractivity contribution < 1.29 is 4.79 Å². The molecule has 0 atom stereocenters. The lowest BCUT2D eigenvalue weighted by atomic mass is 9.94. The lowest BCUT2D eigenvalue weighted by Gasteiger charge is -2.15. The molecule has 3 heterocycles. The lowest BCUT2D eigenvalue weighted by Crippen LogP contribution is -2.15. The normalized spacial score (nSPS) is 18.2. The molecular weight excluding hydrogens is 328 g/mol. The molecule has 26 heavy (non-hydrogen) atoms. The van der Waals surface area contributed by atoms with Crippen LogP contribution in [-0.4, -0.2) is 45.6 Å². The number of fused-ring (bicyclic) bond motifs is 1. The summed E-state index contributed by atoms with van der Waals surface area (Å²) in [6, 6.07) is 1.76. The van der Waals surface area contributed by atoms with Crippen molar-refractivity contribution in [2.75, 3.05) is 14.1 Å². The Labute approximate surface area is 152 Å². The Bertz CT molecular complexity index is 894. The minimum atomic E-state index is -0.206. The summed E-state index contributed by atoms with van der Waals surface area (Å²) in [5.74, 6) is -0.206. The number of hydrazone groups is 1. The molecular formula is C19H22N6O. The van der Waals surface area contributed by atoms with E-state index in [4.69, 9.17) is 0 Å². The molecule has 2 aromatic rings. The Morgan fingerprint density at radius 1 is 1.27 bits per heavy atom. The van der Waals surface area contributed by atoms with Crippen molar-refractivity contribution in [1.29, 1.82) is 0 Å².